The molecule has 1 saturated heterocycles. The zero-order valence-corrected chi connectivity index (χ0v) is 14.0. The van der Waals surface area contributed by atoms with Crippen LogP contribution in [-0.4, -0.2) is 50.7 Å². The number of aliphatic hydroxyl groups excluding tert-OH is 1. The van der Waals surface area contributed by atoms with Crippen LogP contribution in [0.25, 0.3) is 0 Å². The van der Waals surface area contributed by atoms with Crippen LogP contribution in [-0.2, 0) is 17.7 Å². The largest absolute Gasteiger partial charge is 0.444 e. The van der Waals surface area contributed by atoms with Crippen LogP contribution < -0.4 is 0 Å². The van der Waals surface area contributed by atoms with Gasteiger partial charge in [0, 0.05) is 31.7 Å². The van der Waals surface area contributed by atoms with Crippen molar-refractivity contribution in [1.82, 2.24) is 14.7 Å². The van der Waals surface area contributed by atoms with E-state index in [0.29, 0.717) is 19.5 Å². The summed E-state index contributed by atoms with van der Waals surface area (Å²) >= 11 is 0. The maximum absolute atomic E-state index is 12.2. The highest BCUT2D eigenvalue weighted by Gasteiger charge is 2.32. The Bertz CT molecular complexity index is 507. The quantitative estimate of drug-likeness (QED) is 0.928. The Kier molecular flexibility index (Phi) is 5.11. The summed E-state index contributed by atoms with van der Waals surface area (Å²) in [6.45, 7) is 9.52. The number of ether oxygens (including phenoxy) is 1. The number of aliphatic hydroxyl groups is 1. The first-order valence-electron chi connectivity index (χ1n) is 7.96. The van der Waals surface area contributed by atoms with Gasteiger partial charge in [0.25, 0.3) is 0 Å². The van der Waals surface area contributed by atoms with Gasteiger partial charge in [0.1, 0.15) is 5.60 Å². The number of aromatic nitrogens is 2. The minimum atomic E-state index is -0.495. The first-order chi connectivity index (χ1) is 10.3. The summed E-state index contributed by atoms with van der Waals surface area (Å²) in [5.74, 6) is 0.0239. The average molecular weight is 309 g/mol. The standard InChI is InChI=1S/C16H27N3O3/c1-5-19-10-12(9-17-19)8-13-11-18(7-6-14(13)20)15(21)22-16(2,3)4/h9-10,13-14,20H,5-8,11H2,1-4H3. The van der Waals surface area contributed by atoms with Gasteiger partial charge in [-0.15, -0.1) is 0 Å². The fourth-order valence-electron chi connectivity index (χ4n) is 2.70. The van der Waals surface area contributed by atoms with Crippen LogP contribution in [0, 0.1) is 5.92 Å². The Labute approximate surface area is 132 Å². The van der Waals surface area contributed by atoms with Gasteiger partial charge in [0.15, 0.2) is 0 Å². The van der Waals surface area contributed by atoms with E-state index in [0.717, 1.165) is 18.5 Å². The first-order valence-corrected chi connectivity index (χ1v) is 7.96. The first kappa shape index (κ1) is 16.8. The normalized spacial score (nSPS) is 22.7. The molecule has 1 aromatic heterocycles. The summed E-state index contributed by atoms with van der Waals surface area (Å²) in [6.07, 6.45) is 4.46. The molecule has 0 saturated carbocycles. The lowest BCUT2D eigenvalue weighted by Crippen LogP contribution is -2.48. The molecule has 2 heterocycles. The fourth-order valence-corrected chi connectivity index (χ4v) is 2.70. The van der Waals surface area contributed by atoms with Gasteiger partial charge in [0.05, 0.1) is 12.3 Å². The van der Waals surface area contributed by atoms with Gasteiger partial charge in [-0.05, 0) is 46.1 Å². The van der Waals surface area contributed by atoms with E-state index in [2.05, 4.69) is 5.10 Å². The molecule has 0 bridgehead atoms. The van der Waals surface area contributed by atoms with Crippen molar-refractivity contribution in [1.29, 1.82) is 0 Å². The zero-order valence-electron chi connectivity index (χ0n) is 14.0. The molecule has 1 aromatic rings. The number of piperidine rings is 1. The summed E-state index contributed by atoms with van der Waals surface area (Å²) in [5.41, 5.74) is 0.599. The van der Waals surface area contributed by atoms with Gasteiger partial charge in [-0.25, -0.2) is 4.79 Å². The number of rotatable bonds is 3. The zero-order chi connectivity index (χ0) is 16.3. The highest BCUT2D eigenvalue weighted by Crippen LogP contribution is 2.23. The lowest BCUT2D eigenvalue weighted by Gasteiger charge is -2.36. The smallest absolute Gasteiger partial charge is 0.410 e. The molecular weight excluding hydrogens is 282 g/mol. The van der Waals surface area contributed by atoms with Crippen LogP contribution in [0.4, 0.5) is 4.79 Å². The monoisotopic (exact) mass is 309 g/mol. The van der Waals surface area contributed by atoms with Crippen molar-refractivity contribution in [3.63, 3.8) is 0 Å². The van der Waals surface area contributed by atoms with Crippen LogP contribution in [0.2, 0.25) is 0 Å². The van der Waals surface area contributed by atoms with Gasteiger partial charge in [-0.3, -0.25) is 4.68 Å². The number of aryl methyl sites for hydroxylation is 1. The number of likely N-dealkylation sites (tertiary alicyclic amines) is 1. The van der Waals surface area contributed by atoms with Crippen molar-refractivity contribution in [3.05, 3.63) is 18.0 Å². The Morgan fingerprint density at radius 2 is 2.23 bits per heavy atom. The molecule has 2 rings (SSSR count). The number of hydrogen-bond donors (Lipinski definition) is 1. The van der Waals surface area contributed by atoms with Gasteiger partial charge in [-0.1, -0.05) is 0 Å². The summed E-state index contributed by atoms with van der Waals surface area (Å²) in [6, 6.07) is 0. The topological polar surface area (TPSA) is 67.6 Å². The highest BCUT2D eigenvalue weighted by atomic mass is 16.6. The molecule has 1 amide bonds. The molecule has 1 fully saturated rings. The molecule has 1 N–H and O–H groups in total. The second kappa shape index (κ2) is 6.69. The second-order valence-electron chi connectivity index (χ2n) is 6.95. The van der Waals surface area contributed by atoms with E-state index in [-0.39, 0.29) is 18.1 Å². The minimum absolute atomic E-state index is 0.0239. The van der Waals surface area contributed by atoms with Crippen molar-refractivity contribution >= 4 is 6.09 Å². The second-order valence-corrected chi connectivity index (χ2v) is 6.95. The Hall–Kier alpha value is -1.56. The molecule has 6 nitrogen and oxygen atoms in total. The number of hydrogen-bond acceptors (Lipinski definition) is 4. The SMILES string of the molecule is CCn1cc(CC2CN(C(=O)OC(C)(C)C)CCC2O)cn1. The van der Waals surface area contributed by atoms with Crippen LogP contribution in [0.3, 0.4) is 0 Å². The molecule has 2 atom stereocenters. The van der Waals surface area contributed by atoms with E-state index in [9.17, 15) is 9.90 Å². The predicted molar refractivity (Wildman–Crippen MR) is 83.5 cm³/mol. The highest BCUT2D eigenvalue weighted by molar-refractivity contribution is 5.68. The van der Waals surface area contributed by atoms with Gasteiger partial charge >= 0.3 is 6.09 Å². The number of carbonyl (C=O) groups is 1. The number of amides is 1. The lowest BCUT2D eigenvalue weighted by molar-refractivity contribution is -0.00824. The van der Waals surface area contributed by atoms with E-state index in [1.807, 2.05) is 44.8 Å². The third-order valence-corrected chi connectivity index (χ3v) is 3.85. The molecule has 124 valence electrons. The number of carbonyl (C=O) groups excluding carboxylic acids is 1. The van der Waals surface area contributed by atoms with Crippen molar-refractivity contribution < 1.29 is 14.6 Å². The third kappa shape index (κ3) is 4.47. The molecule has 1 aliphatic rings. The maximum Gasteiger partial charge on any atom is 0.410 e. The van der Waals surface area contributed by atoms with E-state index in [1.165, 1.54) is 0 Å². The molecule has 0 aromatic carbocycles. The summed E-state index contributed by atoms with van der Waals surface area (Å²) < 4.78 is 7.29. The van der Waals surface area contributed by atoms with Crippen molar-refractivity contribution in [3.8, 4) is 0 Å². The molecule has 6 heteroatoms. The van der Waals surface area contributed by atoms with Crippen LogP contribution in [0.15, 0.2) is 12.4 Å². The molecule has 1 aliphatic heterocycles. The maximum atomic E-state index is 12.2. The lowest BCUT2D eigenvalue weighted by atomic mass is 9.90. The van der Waals surface area contributed by atoms with Crippen LogP contribution in [0.5, 0.6) is 0 Å². The third-order valence-electron chi connectivity index (χ3n) is 3.85. The predicted octanol–water partition coefficient (Wildman–Crippen LogP) is 2.06. The molecule has 0 spiro atoms. The summed E-state index contributed by atoms with van der Waals surface area (Å²) in [4.78, 5) is 13.9. The van der Waals surface area contributed by atoms with E-state index in [1.54, 1.807) is 4.90 Å². The molecule has 0 radical (unpaired) electrons. The summed E-state index contributed by atoms with van der Waals surface area (Å²) in [5, 5.41) is 14.5. The molecule has 22 heavy (non-hydrogen) atoms. The minimum Gasteiger partial charge on any atom is -0.444 e. The molecule has 2 unspecified atom stereocenters. The van der Waals surface area contributed by atoms with Crippen molar-refractivity contribution in [2.45, 2.75) is 58.8 Å². The molecule has 0 aliphatic carbocycles. The average Bonchev–Trinajstić information content (AvgIpc) is 2.87. The Morgan fingerprint density at radius 1 is 1.50 bits per heavy atom. The van der Waals surface area contributed by atoms with Crippen molar-refractivity contribution in [2.75, 3.05) is 13.1 Å². The van der Waals surface area contributed by atoms with Gasteiger partial charge in [0.2, 0.25) is 0 Å². The van der Waals surface area contributed by atoms with E-state index >= 15 is 0 Å². The van der Waals surface area contributed by atoms with Crippen LogP contribution >= 0.6 is 0 Å². The summed E-state index contributed by atoms with van der Waals surface area (Å²) in [7, 11) is 0. The van der Waals surface area contributed by atoms with E-state index in [4.69, 9.17) is 4.74 Å². The Morgan fingerprint density at radius 3 is 2.82 bits per heavy atom. The van der Waals surface area contributed by atoms with Gasteiger partial charge in [-0.2, -0.15) is 5.10 Å². The number of nitrogens with zero attached hydrogens (tertiary/aromatic N) is 3. The van der Waals surface area contributed by atoms with E-state index < -0.39 is 5.60 Å². The fraction of sp³-hybridized carbons (Fsp3) is 0.750. The van der Waals surface area contributed by atoms with Crippen molar-refractivity contribution in [2.24, 2.45) is 5.92 Å². The van der Waals surface area contributed by atoms with Gasteiger partial charge < -0.3 is 14.7 Å². The Balaban J connectivity index is 1.97. The molecular formula is C16H27N3O3. The van der Waals surface area contributed by atoms with Crippen LogP contribution in [0.1, 0.15) is 39.7 Å².